The molecule has 0 saturated carbocycles. The van der Waals surface area contributed by atoms with E-state index in [2.05, 4.69) is 34.9 Å². The SMILES string of the molecule is CCC(CC)n1ccc(CC(O)c2occc2Br)n1. The zero-order valence-electron chi connectivity index (χ0n) is 11.2. The van der Waals surface area contributed by atoms with Crippen molar-refractivity contribution >= 4 is 15.9 Å². The molecule has 2 aromatic heterocycles. The van der Waals surface area contributed by atoms with Crippen molar-refractivity contribution in [2.75, 3.05) is 0 Å². The Morgan fingerprint density at radius 1 is 1.37 bits per heavy atom. The van der Waals surface area contributed by atoms with Crippen LogP contribution in [0.3, 0.4) is 0 Å². The molecule has 1 atom stereocenters. The summed E-state index contributed by atoms with van der Waals surface area (Å²) in [6, 6.07) is 4.17. The van der Waals surface area contributed by atoms with Crippen molar-refractivity contribution in [1.29, 1.82) is 0 Å². The maximum Gasteiger partial charge on any atom is 0.146 e. The van der Waals surface area contributed by atoms with Gasteiger partial charge in [0.05, 0.1) is 22.5 Å². The van der Waals surface area contributed by atoms with Crippen molar-refractivity contribution in [2.45, 2.75) is 45.3 Å². The number of rotatable bonds is 6. The Morgan fingerprint density at radius 2 is 2.11 bits per heavy atom. The molecule has 0 fully saturated rings. The lowest BCUT2D eigenvalue weighted by Gasteiger charge is -2.12. The van der Waals surface area contributed by atoms with Gasteiger partial charge in [0, 0.05) is 12.6 Å². The number of aromatic nitrogens is 2. The third-order valence-corrected chi connectivity index (χ3v) is 3.99. The molecule has 0 aliphatic carbocycles. The average molecular weight is 327 g/mol. The largest absolute Gasteiger partial charge is 0.465 e. The minimum atomic E-state index is -0.672. The third kappa shape index (κ3) is 3.28. The number of furan rings is 1. The minimum Gasteiger partial charge on any atom is -0.465 e. The number of aliphatic hydroxyl groups excluding tert-OH is 1. The van der Waals surface area contributed by atoms with E-state index in [0.29, 0.717) is 18.2 Å². The smallest absolute Gasteiger partial charge is 0.146 e. The highest BCUT2D eigenvalue weighted by molar-refractivity contribution is 9.10. The van der Waals surface area contributed by atoms with Crippen molar-refractivity contribution in [3.05, 3.63) is 40.5 Å². The first kappa shape index (κ1) is 14.3. The van der Waals surface area contributed by atoms with Crippen LogP contribution in [0.2, 0.25) is 0 Å². The van der Waals surface area contributed by atoms with Gasteiger partial charge in [0.2, 0.25) is 0 Å². The molecule has 5 heteroatoms. The standard InChI is InChI=1S/C14H19BrN2O2/c1-3-11(4-2)17-7-5-10(16-17)9-13(18)14-12(15)6-8-19-14/h5-8,11,13,18H,3-4,9H2,1-2H3. The van der Waals surface area contributed by atoms with Crippen LogP contribution in [-0.2, 0) is 6.42 Å². The predicted octanol–water partition coefficient (Wildman–Crippen LogP) is 3.88. The summed E-state index contributed by atoms with van der Waals surface area (Å²) in [5.74, 6) is 0.553. The van der Waals surface area contributed by atoms with Gasteiger partial charge in [-0.1, -0.05) is 13.8 Å². The quantitative estimate of drug-likeness (QED) is 0.876. The maximum atomic E-state index is 10.1. The zero-order chi connectivity index (χ0) is 13.8. The number of nitrogens with zero attached hydrogens (tertiary/aromatic N) is 2. The molecular formula is C14H19BrN2O2. The lowest BCUT2D eigenvalue weighted by Crippen LogP contribution is -2.09. The van der Waals surface area contributed by atoms with Crippen molar-refractivity contribution in [2.24, 2.45) is 0 Å². The highest BCUT2D eigenvalue weighted by Gasteiger charge is 2.17. The summed E-state index contributed by atoms with van der Waals surface area (Å²) in [6.07, 6.45) is 5.45. The molecule has 19 heavy (non-hydrogen) atoms. The third-order valence-electron chi connectivity index (χ3n) is 3.33. The van der Waals surface area contributed by atoms with Crippen LogP contribution in [0.15, 0.2) is 33.5 Å². The summed E-state index contributed by atoms with van der Waals surface area (Å²) in [5.41, 5.74) is 0.878. The second-order valence-electron chi connectivity index (χ2n) is 4.61. The van der Waals surface area contributed by atoms with Crippen LogP contribution < -0.4 is 0 Å². The van der Waals surface area contributed by atoms with E-state index < -0.39 is 6.10 Å². The van der Waals surface area contributed by atoms with Crippen LogP contribution >= 0.6 is 15.9 Å². The van der Waals surface area contributed by atoms with E-state index in [1.165, 1.54) is 0 Å². The van der Waals surface area contributed by atoms with Gasteiger partial charge < -0.3 is 9.52 Å². The molecule has 0 amide bonds. The first-order valence-electron chi connectivity index (χ1n) is 6.60. The number of hydrogen-bond acceptors (Lipinski definition) is 3. The minimum absolute atomic E-state index is 0.432. The molecule has 0 aromatic carbocycles. The van der Waals surface area contributed by atoms with Crippen LogP contribution in [0.25, 0.3) is 0 Å². The Hall–Kier alpha value is -1.07. The zero-order valence-corrected chi connectivity index (χ0v) is 12.8. The molecule has 1 unspecified atom stereocenters. The monoisotopic (exact) mass is 326 g/mol. The topological polar surface area (TPSA) is 51.2 Å². The van der Waals surface area contributed by atoms with Crippen molar-refractivity contribution < 1.29 is 9.52 Å². The van der Waals surface area contributed by atoms with E-state index >= 15 is 0 Å². The first-order chi connectivity index (χ1) is 9.15. The molecule has 1 N–H and O–H groups in total. The Morgan fingerprint density at radius 3 is 2.68 bits per heavy atom. The van der Waals surface area contributed by atoms with Gasteiger partial charge in [-0.25, -0.2) is 0 Å². The number of hydrogen-bond donors (Lipinski definition) is 1. The van der Waals surface area contributed by atoms with E-state index in [1.54, 1.807) is 12.3 Å². The molecule has 4 nitrogen and oxygen atoms in total. The molecule has 0 aliphatic heterocycles. The number of aliphatic hydroxyl groups is 1. The summed E-state index contributed by atoms with van der Waals surface area (Å²) >= 11 is 3.35. The van der Waals surface area contributed by atoms with E-state index in [-0.39, 0.29) is 0 Å². The Kier molecular flexibility index (Phi) is 4.82. The fourth-order valence-corrected chi connectivity index (χ4v) is 2.65. The van der Waals surface area contributed by atoms with Gasteiger partial charge >= 0.3 is 0 Å². The van der Waals surface area contributed by atoms with Gasteiger partial charge in [-0.3, -0.25) is 4.68 Å². The highest BCUT2D eigenvalue weighted by Crippen LogP contribution is 2.27. The normalized spacial score (nSPS) is 13.1. The van der Waals surface area contributed by atoms with Gasteiger partial charge in [0.15, 0.2) is 0 Å². The molecule has 2 heterocycles. The molecule has 2 aromatic rings. The Bertz CT molecular complexity index is 517. The summed E-state index contributed by atoms with van der Waals surface area (Å²) < 4.78 is 8.04. The molecule has 2 rings (SSSR count). The fraction of sp³-hybridized carbons (Fsp3) is 0.500. The fourth-order valence-electron chi connectivity index (χ4n) is 2.19. The molecular weight excluding hydrogens is 308 g/mol. The van der Waals surface area contributed by atoms with Crippen molar-refractivity contribution in [1.82, 2.24) is 9.78 Å². The molecule has 0 saturated heterocycles. The lowest BCUT2D eigenvalue weighted by atomic mass is 10.1. The second kappa shape index (κ2) is 6.39. The molecule has 0 radical (unpaired) electrons. The predicted molar refractivity (Wildman–Crippen MR) is 76.9 cm³/mol. The summed E-state index contributed by atoms with van der Waals surface area (Å²) in [4.78, 5) is 0. The maximum absolute atomic E-state index is 10.1. The Balaban J connectivity index is 2.06. The number of halogens is 1. The Labute approximate surface area is 121 Å². The van der Waals surface area contributed by atoms with Gasteiger partial charge in [-0.05, 0) is 40.9 Å². The van der Waals surface area contributed by atoms with Gasteiger partial charge in [0.1, 0.15) is 11.9 Å². The molecule has 104 valence electrons. The van der Waals surface area contributed by atoms with Crippen LogP contribution in [0, 0.1) is 0 Å². The van der Waals surface area contributed by atoms with Crippen LogP contribution in [0.4, 0.5) is 0 Å². The van der Waals surface area contributed by atoms with Crippen LogP contribution in [-0.4, -0.2) is 14.9 Å². The molecule has 0 aliphatic rings. The van der Waals surface area contributed by atoms with Crippen LogP contribution in [0.1, 0.15) is 50.3 Å². The summed E-state index contributed by atoms with van der Waals surface area (Å²) in [6.45, 7) is 4.31. The van der Waals surface area contributed by atoms with Gasteiger partial charge in [0.25, 0.3) is 0 Å². The summed E-state index contributed by atoms with van der Waals surface area (Å²) in [7, 11) is 0. The lowest BCUT2D eigenvalue weighted by molar-refractivity contribution is 0.147. The van der Waals surface area contributed by atoms with E-state index in [1.807, 2.05) is 16.9 Å². The van der Waals surface area contributed by atoms with E-state index in [0.717, 1.165) is 23.0 Å². The first-order valence-corrected chi connectivity index (χ1v) is 7.40. The van der Waals surface area contributed by atoms with Gasteiger partial charge in [-0.2, -0.15) is 5.10 Å². The molecule has 0 spiro atoms. The van der Waals surface area contributed by atoms with Crippen LogP contribution in [0.5, 0.6) is 0 Å². The molecule has 0 bridgehead atoms. The van der Waals surface area contributed by atoms with Gasteiger partial charge in [-0.15, -0.1) is 0 Å². The van der Waals surface area contributed by atoms with E-state index in [9.17, 15) is 5.11 Å². The average Bonchev–Trinajstić information content (AvgIpc) is 3.00. The van der Waals surface area contributed by atoms with E-state index in [4.69, 9.17) is 4.42 Å². The second-order valence-corrected chi connectivity index (χ2v) is 5.46. The summed E-state index contributed by atoms with van der Waals surface area (Å²) in [5, 5.41) is 14.7. The van der Waals surface area contributed by atoms with Crippen molar-refractivity contribution in [3.63, 3.8) is 0 Å². The van der Waals surface area contributed by atoms with Crippen molar-refractivity contribution in [3.8, 4) is 0 Å². The highest BCUT2D eigenvalue weighted by atomic mass is 79.9.